The Morgan fingerprint density at radius 3 is 2.33 bits per heavy atom. The van der Waals surface area contributed by atoms with Crippen LogP contribution in [0, 0.1) is 5.92 Å². The number of carbonyl (C=O) groups is 4. The number of aromatic nitrogens is 2. The van der Waals surface area contributed by atoms with E-state index in [-0.39, 0.29) is 48.0 Å². The summed E-state index contributed by atoms with van der Waals surface area (Å²) < 4.78 is 0.857. The minimum absolute atomic E-state index is 0.0363. The zero-order chi connectivity index (χ0) is 32.5. The second-order valence-corrected chi connectivity index (χ2v) is 12.4. The SMILES string of the molecule is CC(=O)N[C@H](Cc1c[nH]c2ccccc12)C(=O)N[C@@H](CC(C)C)C(=O)N[C@@H](CCCN=C(N)N)C(=O)c1nc2ccccc2s1. The third-order valence-electron chi connectivity index (χ3n) is 7.22. The van der Waals surface area contributed by atoms with Crippen molar-refractivity contribution >= 4 is 61.9 Å². The maximum Gasteiger partial charge on any atom is 0.243 e. The molecule has 3 amide bonds. The normalized spacial score (nSPS) is 13.2. The summed E-state index contributed by atoms with van der Waals surface area (Å²) in [5.41, 5.74) is 13.4. The molecule has 0 spiro atoms. The van der Waals surface area contributed by atoms with E-state index in [1.54, 1.807) is 0 Å². The smallest absolute Gasteiger partial charge is 0.243 e. The second-order valence-electron chi connectivity index (χ2n) is 11.4. The number of carbonyl (C=O) groups excluding carboxylic acids is 4. The summed E-state index contributed by atoms with van der Waals surface area (Å²) in [5.74, 6) is -1.74. The minimum atomic E-state index is -0.958. The fourth-order valence-electron chi connectivity index (χ4n) is 5.12. The van der Waals surface area contributed by atoms with Gasteiger partial charge in [-0.15, -0.1) is 11.3 Å². The van der Waals surface area contributed by atoms with Crippen molar-refractivity contribution in [2.75, 3.05) is 6.54 Å². The molecule has 0 aliphatic heterocycles. The number of nitrogens with one attached hydrogen (secondary N) is 4. The van der Waals surface area contributed by atoms with Crippen LogP contribution in [-0.4, -0.2) is 64.1 Å². The van der Waals surface area contributed by atoms with Gasteiger partial charge in [-0.05, 0) is 48.9 Å². The van der Waals surface area contributed by atoms with Crippen molar-refractivity contribution < 1.29 is 19.2 Å². The number of nitrogens with two attached hydrogens (primary N) is 2. The van der Waals surface area contributed by atoms with Crippen LogP contribution >= 0.6 is 11.3 Å². The van der Waals surface area contributed by atoms with E-state index in [0.717, 1.165) is 21.2 Å². The lowest BCUT2D eigenvalue weighted by atomic mass is 9.99. The van der Waals surface area contributed by atoms with E-state index in [2.05, 4.69) is 30.9 Å². The number of aromatic amines is 1. The third kappa shape index (κ3) is 9.11. The summed E-state index contributed by atoms with van der Waals surface area (Å²) in [6.07, 6.45) is 3.03. The molecule has 2 aromatic heterocycles. The van der Waals surface area contributed by atoms with Crippen LogP contribution in [0.2, 0.25) is 0 Å². The number of guanidine groups is 1. The Labute approximate surface area is 265 Å². The summed E-state index contributed by atoms with van der Waals surface area (Å²) in [6, 6.07) is 12.3. The van der Waals surface area contributed by atoms with Gasteiger partial charge in [-0.3, -0.25) is 24.2 Å². The molecule has 2 aromatic carbocycles. The van der Waals surface area contributed by atoms with Crippen LogP contribution in [0.1, 0.15) is 55.4 Å². The summed E-state index contributed by atoms with van der Waals surface area (Å²) in [6.45, 7) is 5.49. The Bertz CT molecular complexity index is 1660. The van der Waals surface area contributed by atoms with Gasteiger partial charge in [0.1, 0.15) is 12.1 Å². The van der Waals surface area contributed by atoms with Gasteiger partial charge < -0.3 is 32.4 Å². The number of hydrogen-bond donors (Lipinski definition) is 6. The molecule has 0 bridgehead atoms. The molecule has 0 aliphatic rings. The number of Topliss-reactive ketones (excluding diaryl/α,β-unsaturated/α-hetero) is 1. The first-order valence-corrected chi connectivity index (χ1v) is 15.7. The monoisotopic (exact) mass is 632 g/mol. The van der Waals surface area contributed by atoms with Crippen molar-refractivity contribution in [3.63, 3.8) is 0 Å². The van der Waals surface area contributed by atoms with Crippen LogP contribution < -0.4 is 27.4 Å². The molecule has 238 valence electrons. The molecule has 0 saturated carbocycles. The molecule has 0 unspecified atom stereocenters. The lowest BCUT2D eigenvalue weighted by molar-refractivity contribution is -0.132. The van der Waals surface area contributed by atoms with Crippen LogP contribution in [0.15, 0.2) is 59.7 Å². The largest absolute Gasteiger partial charge is 0.370 e. The standard InChI is InChI=1S/C32H40N8O4S/c1-18(2)15-25(39-30(44)26(37-19(3)41)16-20-17-36-22-10-5-4-9-21(20)22)29(43)38-24(12-8-14-35-32(33)34)28(42)31-40-23-11-6-7-13-27(23)45-31/h4-7,9-11,13,17-18,24-26,36H,8,12,14-16H2,1-3H3,(H,37,41)(H,38,43)(H,39,44)(H4,33,34,35)/t24-,25-,26+/m0/s1. The highest BCUT2D eigenvalue weighted by Gasteiger charge is 2.31. The minimum Gasteiger partial charge on any atom is -0.370 e. The Morgan fingerprint density at radius 2 is 1.62 bits per heavy atom. The van der Waals surface area contributed by atoms with Gasteiger partial charge in [0.15, 0.2) is 11.0 Å². The Morgan fingerprint density at radius 1 is 0.933 bits per heavy atom. The van der Waals surface area contributed by atoms with E-state index in [0.29, 0.717) is 18.4 Å². The number of rotatable bonds is 15. The maximum atomic E-state index is 13.8. The summed E-state index contributed by atoms with van der Waals surface area (Å²) in [5, 5.41) is 9.66. The molecular formula is C32H40N8O4S. The number of H-pyrrole nitrogens is 1. The van der Waals surface area contributed by atoms with Crippen molar-refractivity contribution in [3.8, 4) is 0 Å². The van der Waals surface area contributed by atoms with Gasteiger partial charge in [-0.25, -0.2) is 4.98 Å². The first kappa shape index (κ1) is 33.1. The average molecular weight is 633 g/mol. The van der Waals surface area contributed by atoms with Crippen molar-refractivity contribution in [3.05, 3.63) is 65.3 Å². The van der Waals surface area contributed by atoms with E-state index in [9.17, 15) is 19.2 Å². The first-order valence-electron chi connectivity index (χ1n) is 14.9. The lowest BCUT2D eigenvalue weighted by Gasteiger charge is -2.26. The molecule has 4 aromatic rings. The number of amides is 3. The third-order valence-corrected chi connectivity index (χ3v) is 8.27. The van der Waals surface area contributed by atoms with E-state index < -0.39 is 29.9 Å². The molecule has 0 aliphatic carbocycles. The van der Waals surface area contributed by atoms with E-state index in [1.165, 1.54) is 18.3 Å². The topological polar surface area (TPSA) is 197 Å². The number of benzene rings is 2. The van der Waals surface area contributed by atoms with Crippen LogP contribution in [0.5, 0.6) is 0 Å². The van der Waals surface area contributed by atoms with Gasteiger partial charge in [0.2, 0.25) is 23.5 Å². The molecule has 2 heterocycles. The molecule has 0 fully saturated rings. The van der Waals surface area contributed by atoms with E-state index >= 15 is 0 Å². The van der Waals surface area contributed by atoms with Crippen molar-refractivity contribution in [1.82, 2.24) is 25.9 Å². The van der Waals surface area contributed by atoms with Gasteiger partial charge in [0.05, 0.1) is 16.3 Å². The number of fused-ring (bicyclic) bond motifs is 2. The predicted molar refractivity (Wildman–Crippen MR) is 177 cm³/mol. The summed E-state index contributed by atoms with van der Waals surface area (Å²) >= 11 is 1.25. The number of thiazole rings is 1. The van der Waals surface area contributed by atoms with Crippen LogP contribution in [0.4, 0.5) is 0 Å². The van der Waals surface area contributed by atoms with Crippen LogP contribution in [-0.2, 0) is 20.8 Å². The number of para-hydroxylation sites is 2. The molecule has 3 atom stereocenters. The summed E-state index contributed by atoms with van der Waals surface area (Å²) in [4.78, 5) is 64.8. The van der Waals surface area contributed by atoms with Gasteiger partial charge in [-0.1, -0.05) is 44.2 Å². The van der Waals surface area contributed by atoms with Crippen LogP contribution in [0.25, 0.3) is 21.1 Å². The van der Waals surface area contributed by atoms with E-state index in [4.69, 9.17) is 11.5 Å². The first-order chi connectivity index (χ1) is 21.5. The Hall–Kier alpha value is -4.78. The Balaban J connectivity index is 1.53. The molecular weight excluding hydrogens is 592 g/mol. The van der Waals surface area contributed by atoms with Crippen molar-refractivity contribution in [2.24, 2.45) is 22.4 Å². The van der Waals surface area contributed by atoms with Gasteiger partial charge >= 0.3 is 0 Å². The second kappa shape index (κ2) is 15.3. The van der Waals surface area contributed by atoms with Crippen molar-refractivity contribution in [1.29, 1.82) is 0 Å². The number of hydrogen-bond acceptors (Lipinski definition) is 7. The highest BCUT2D eigenvalue weighted by Crippen LogP contribution is 2.24. The molecule has 8 N–H and O–H groups in total. The Kier molecular flexibility index (Phi) is 11.3. The number of ketones is 1. The van der Waals surface area contributed by atoms with E-state index in [1.807, 2.05) is 68.6 Å². The molecule has 13 heteroatoms. The quantitative estimate of drug-likeness (QED) is 0.0501. The van der Waals surface area contributed by atoms with Gasteiger partial charge in [0.25, 0.3) is 0 Å². The average Bonchev–Trinajstić information content (AvgIpc) is 3.61. The van der Waals surface area contributed by atoms with Gasteiger partial charge in [0, 0.05) is 37.0 Å². The van der Waals surface area contributed by atoms with Gasteiger partial charge in [-0.2, -0.15) is 0 Å². The highest BCUT2D eigenvalue weighted by atomic mass is 32.1. The molecule has 4 rings (SSSR count). The number of nitrogens with zero attached hydrogens (tertiary/aromatic N) is 2. The zero-order valence-corrected chi connectivity index (χ0v) is 26.4. The molecule has 12 nitrogen and oxygen atoms in total. The fourth-order valence-corrected chi connectivity index (χ4v) is 6.08. The molecule has 0 radical (unpaired) electrons. The highest BCUT2D eigenvalue weighted by molar-refractivity contribution is 7.20. The molecule has 0 saturated heterocycles. The predicted octanol–water partition coefficient (Wildman–Crippen LogP) is 2.78. The van der Waals surface area contributed by atoms with Crippen LogP contribution in [0.3, 0.4) is 0 Å². The fraction of sp³-hybridized carbons (Fsp3) is 0.375. The molecule has 45 heavy (non-hydrogen) atoms. The maximum absolute atomic E-state index is 13.8. The van der Waals surface area contributed by atoms with Crippen molar-refractivity contribution in [2.45, 2.75) is 64.6 Å². The number of aliphatic imine (C=N–C) groups is 1. The zero-order valence-electron chi connectivity index (χ0n) is 25.6. The summed E-state index contributed by atoms with van der Waals surface area (Å²) in [7, 11) is 0. The lowest BCUT2D eigenvalue weighted by Crippen LogP contribution is -2.56.